The number of hydrogen-bond acceptors (Lipinski definition) is 6. The fraction of sp³-hybridized carbons (Fsp3) is 0.0833. The Hall–Kier alpha value is -3.91. The smallest absolute Gasteiger partial charge is 0.234 e. The number of thioether (sulfide) groups is 1. The normalized spacial score (nSPS) is 11.0. The number of amides is 1. The van der Waals surface area contributed by atoms with E-state index in [1.807, 2.05) is 72.8 Å². The first kappa shape index (κ1) is 20.0. The maximum atomic E-state index is 12.6. The molecule has 7 nitrogen and oxygen atoms in total. The zero-order valence-corrected chi connectivity index (χ0v) is 18.0. The van der Waals surface area contributed by atoms with E-state index in [1.165, 1.54) is 11.8 Å². The summed E-state index contributed by atoms with van der Waals surface area (Å²) >= 11 is 1.32. The molecule has 0 atom stereocenters. The van der Waals surface area contributed by atoms with Crippen molar-refractivity contribution in [1.29, 1.82) is 0 Å². The third kappa shape index (κ3) is 4.00. The van der Waals surface area contributed by atoms with E-state index < -0.39 is 0 Å². The Morgan fingerprint density at radius 3 is 2.66 bits per heavy atom. The van der Waals surface area contributed by atoms with Crippen molar-refractivity contribution in [3.05, 3.63) is 78.9 Å². The highest BCUT2D eigenvalue weighted by Crippen LogP contribution is 2.26. The van der Waals surface area contributed by atoms with Crippen molar-refractivity contribution >= 4 is 39.9 Å². The molecule has 0 aliphatic carbocycles. The average Bonchev–Trinajstić information content (AvgIpc) is 3.29. The van der Waals surface area contributed by atoms with Crippen molar-refractivity contribution in [2.75, 3.05) is 18.2 Å². The van der Waals surface area contributed by atoms with Crippen LogP contribution in [0, 0.1) is 0 Å². The number of rotatable bonds is 6. The van der Waals surface area contributed by atoms with Gasteiger partial charge in [0.05, 0.1) is 18.4 Å². The number of carbonyl (C=O) groups excluding carboxylic acids is 1. The molecule has 32 heavy (non-hydrogen) atoms. The van der Waals surface area contributed by atoms with Crippen LogP contribution in [-0.2, 0) is 4.79 Å². The summed E-state index contributed by atoms with van der Waals surface area (Å²) in [6, 6.07) is 24.9. The molecular weight excluding hydrogens is 422 g/mol. The average molecular weight is 442 g/mol. The van der Waals surface area contributed by atoms with Crippen LogP contribution >= 0.6 is 11.8 Å². The van der Waals surface area contributed by atoms with Crippen molar-refractivity contribution in [3.8, 4) is 17.1 Å². The minimum absolute atomic E-state index is 0.144. The third-order valence-electron chi connectivity index (χ3n) is 4.87. The molecule has 2 heterocycles. The fourth-order valence-electron chi connectivity index (χ4n) is 3.36. The molecule has 0 saturated carbocycles. The molecule has 0 aliphatic rings. The molecule has 0 unspecified atom stereocenters. The van der Waals surface area contributed by atoms with Crippen LogP contribution in [0.5, 0.6) is 5.75 Å². The molecule has 1 N–H and O–H groups in total. The van der Waals surface area contributed by atoms with Crippen LogP contribution in [-0.4, -0.2) is 38.4 Å². The van der Waals surface area contributed by atoms with E-state index in [4.69, 9.17) is 19.8 Å². The summed E-state index contributed by atoms with van der Waals surface area (Å²) in [4.78, 5) is 22.1. The van der Waals surface area contributed by atoms with Crippen LogP contribution in [0.1, 0.15) is 0 Å². The summed E-state index contributed by atoms with van der Waals surface area (Å²) < 4.78 is 6.92. The second-order valence-corrected chi connectivity index (χ2v) is 7.96. The first-order valence-corrected chi connectivity index (χ1v) is 11.0. The number of fused-ring (bicyclic) bond motifs is 3. The van der Waals surface area contributed by atoms with Gasteiger partial charge in [0, 0.05) is 22.7 Å². The molecule has 158 valence electrons. The zero-order chi connectivity index (χ0) is 21.9. The number of carbonyl (C=O) groups is 1. The number of methoxy groups -OCH3 is 1. The van der Waals surface area contributed by atoms with E-state index in [9.17, 15) is 4.79 Å². The molecule has 0 spiro atoms. The number of nitrogens with one attached hydrogen (secondary N) is 1. The maximum absolute atomic E-state index is 12.6. The van der Waals surface area contributed by atoms with Crippen LogP contribution in [0.3, 0.4) is 0 Å². The van der Waals surface area contributed by atoms with Gasteiger partial charge in [-0.1, -0.05) is 60.3 Å². The lowest BCUT2D eigenvalue weighted by Gasteiger charge is -2.08. The second kappa shape index (κ2) is 8.68. The number of benzene rings is 3. The van der Waals surface area contributed by atoms with E-state index in [2.05, 4.69) is 5.32 Å². The van der Waals surface area contributed by atoms with E-state index in [-0.39, 0.29) is 11.7 Å². The minimum Gasteiger partial charge on any atom is -0.497 e. The lowest BCUT2D eigenvalue weighted by Crippen LogP contribution is -2.14. The summed E-state index contributed by atoms with van der Waals surface area (Å²) in [5.74, 6) is 1.34. The first-order chi connectivity index (χ1) is 15.7. The standard InChI is InChI=1S/C24H19N5O2S/c1-31-18-11-7-10-17(14-18)25-21(30)15-32-24-26-20-13-6-5-12-19(20)23-27-22(28-29(23)24)16-8-3-2-4-9-16/h2-14H,15H2,1H3,(H,25,30). The third-order valence-corrected chi connectivity index (χ3v) is 5.80. The van der Waals surface area contributed by atoms with Crippen LogP contribution in [0.4, 0.5) is 5.69 Å². The lowest BCUT2D eigenvalue weighted by atomic mass is 10.2. The molecule has 5 aromatic rings. The summed E-state index contributed by atoms with van der Waals surface area (Å²) in [6.07, 6.45) is 0. The van der Waals surface area contributed by atoms with Crippen LogP contribution < -0.4 is 10.1 Å². The van der Waals surface area contributed by atoms with Gasteiger partial charge < -0.3 is 10.1 Å². The molecule has 8 heteroatoms. The Bertz CT molecular complexity index is 1420. The van der Waals surface area contributed by atoms with E-state index in [1.54, 1.807) is 17.7 Å². The Morgan fingerprint density at radius 2 is 1.81 bits per heavy atom. The molecule has 1 amide bonds. The topological polar surface area (TPSA) is 81.4 Å². The number of hydrogen-bond donors (Lipinski definition) is 1. The number of nitrogens with zero attached hydrogens (tertiary/aromatic N) is 4. The Labute approximate surface area is 188 Å². The van der Waals surface area contributed by atoms with Crippen molar-refractivity contribution in [3.63, 3.8) is 0 Å². The highest BCUT2D eigenvalue weighted by Gasteiger charge is 2.16. The molecule has 3 aromatic carbocycles. The van der Waals surface area contributed by atoms with Crippen LogP contribution in [0.15, 0.2) is 84.0 Å². The predicted octanol–water partition coefficient (Wildman–Crippen LogP) is 4.68. The van der Waals surface area contributed by atoms with Gasteiger partial charge in [-0.05, 0) is 24.3 Å². The van der Waals surface area contributed by atoms with Crippen molar-refractivity contribution in [2.24, 2.45) is 0 Å². The van der Waals surface area contributed by atoms with Gasteiger partial charge in [0.1, 0.15) is 5.75 Å². The number of ether oxygens (including phenoxy) is 1. The summed E-state index contributed by atoms with van der Waals surface area (Å²) in [7, 11) is 1.59. The van der Waals surface area contributed by atoms with Gasteiger partial charge in [-0.25, -0.2) is 9.97 Å². The quantitative estimate of drug-likeness (QED) is 0.304. The van der Waals surface area contributed by atoms with Gasteiger partial charge in [-0.2, -0.15) is 4.52 Å². The minimum atomic E-state index is -0.144. The Balaban J connectivity index is 1.46. The van der Waals surface area contributed by atoms with Crippen molar-refractivity contribution in [2.45, 2.75) is 5.16 Å². The summed E-state index contributed by atoms with van der Waals surface area (Å²) in [6.45, 7) is 0. The largest absolute Gasteiger partial charge is 0.497 e. The van der Waals surface area contributed by atoms with Gasteiger partial charge in [0.15, 0.2) is 16.6 Å². The molecular formula is C24H19N5O2S. The van der Waals surface area contributed by atoms with Crippen LogP contribution in [0.2, 0.25) is 0 Å². The lowest BCUT2D eigenvalue weighted by molar-refractivity contribution is -0.113. The van der Waals surface area contributed by atoms with Gasteiger partial charge >= 0.3 is 0 Å². The molecule has 0 bridgehead atoms. The molecule has 0 saturated heterocycles. The predicted molar refractivity (Wildman–Crippen MR) is 126 cm³/mol. The number of anilines is 1. The molecule has 0 radical (unpaired) electrons. The van der Waals surface area contributed by atoms with Crippen molar-refractivity contribution < 1.29 is 9.53 Å². The Morgan fingerprint density at radius 1 is 1.00 bits per heavy atom. The monoisotopic (exact) mass is 441 g/mol. The Kier molecular flexibility index (Phi) is 5.43. The van der Waals surface area contributed by atoms with E-state index in [0.29, 0.717) is 28.1 Å². The second-order valence-electron chi connectivity index (χ2n) is 7.02. The number of aromatic nitrogens is 4. The van der Waals surface area contributed by atoms with Gasteiger partial charge in [-0.3, -0.25) is 4.79 Å². The molecule has 5 rings (SSSR count). The zero-order valence-electron chi connectivity index (χ0n) is 17.2. The van der Waals surface area contributed by atoms with Crippen LogP contribution in [0.25, 0.3) is 27.9 Å². The van der Waals surface area contributed by atoms with Gasteiger partial charge in [-0.15, -0.1) is 5.10 Å². The van der Waals surface area contributed by atoms with Gasteiger partial charge in [0.2, 0.25) is 5.91 Å². The SMILES string of the molecule is COc1cccc(NC(=O)CSc2nc3ccccc3c3nc(-c4ccccc4)nn23)c1. The molecule has 2 aromatic heterocycles. The van der Waals surface area contributed by atoms with Crippen molar-refractivity contribution in [1.82, 2.24) is 19.6 Å². The summed E-state index contributed by atoms with van der Waals surface area (Å²) in [5.41, 5.74) is 3.12. The fourth-order valence-corrected chi connectivity index (χ4v) is 4.11. The van der Waals surface area contributed by atoms with E-state index >= 15 is 0 Å². The number of para-hydroxylation sites is 1. The molecule has 0 fully saturated rings. The highest BCUT2D eigenvalue weighted by molar-refractivity contribution is 7.99. The summed E-state index contributed by atoms with van der Waals surface area (Å²) in [5, 5.41) is 9.10. The first-order valence-electron chi connectivity index (χ1n) is 9.99. The molecule has 0 aliphatic heterocycles. The maximum Gasteiger partial charge on any atom is 0.234 e. The van der Waals surface area contributed by atoms with Gasteiger partial charge in [0.25, 0.3) is 0 Å². The highest BCUT2D eigenvalue weighted by atomic mass is 32.2. The van der Waals surface area contributed by atoms with E-state index in [0.717, 1.165) is 16.5 Å².